The molecular weight excluding hydrogens is 196 g/mol. The number of anilines is 1. The molecule has 5 nitrogen and oxygen atoms in total. The van der Waals surface area contributed by atoms with Crippen LogP contribution >= 0.6 is 0 Å². The van der Waals surface area contributed by atoms with Crippen molar-refractivity contribution < 1.29 is 14.4 Å². The minimum absolute atomic E-state index is 0.0216. The summed E-state index contributed by atoms with van der Waals surface area (Å²) in [6, 6.07) is 5.89. The second-order valence-corrected chi connectivity index (χ2v) is 3.01. The molecule has 0 radical (unpaired) electrons. The van der Waals surface area contributed by atoms with Crippen LogP contribution < -0.4 is 5.73 Å². The number of hydrogen-bond acceptors (Lipinski definition) is 5. The van der Waals surface area contributed by atoms with Crippen LogP contribution in [-0.4, -0.2) is 16.5 Å². The van der Waals surface area contributed by atoms with E-state index in [0.717, 1.165) is 0 Å². The van der Waals surface area contributed by atoms with E-state index in [4.69, 9.17) is 10.3 Å². The highest BCUT2D eigenvalue weighted by Gasteiger charge is 2.10. The molecule has 0 saturated heterocycles. The number of hydrogen-bond donors (Lipinski definition) is 2. The summed E-state index contributed by atoms with van der Waals surface area (Å²) in [5.41, 5.74) is 6.27. The molecule has 0 aliphatic rings. The SMILES string of the molecule is Nc1cc(-c2ccc(O)cc2C=O)on1. The van der Waals surface area contributed by atoms with Crippen LogP contribution in [0.5, 0.6) is 5.75 Å². The number of phenolic OH excluding ortho intramolecular Hbond substituents is 1. The van der Waals surface area contributed by atoms with Crippen LogP contribution in [0.4, 0.5) is 5.82 Å². The molecule has 3 N–H and O–H groups in total. The van der Waals surface area contributed by atoms with Gasteiger partial charge in [0.2, 0.25) is 0 Å². The number of nitrogens with two attached hydrogens (primary N) is 1. The molecular formula is C10H8N2O3. The summed E-state index contributed by atoms with van der Waals surface area (Å²) < 4.78 is 4.92. The second kappa shape index (κ2) is 3.45. The average Bonchev–Trinajstić information content (AvgIpc) is 2.64. The summed E-state index contributed by atoms with van der Waals surface area (Å²) in [5, 5.41) is 12.7. The van der Waals surface area contributed by atoms with E-state index in [-0.39, 0.29) is 11.6 Å². The summed E-state index contributed by atoms with van der Waals surface area (Å²) >= 11 is 0. The van der Waals surface area contributed by atoms with Gasteiger partial charge in [-0.15, -0.1) is 0 Å². The number of benzene rings is 1. The number of carbonyl (C=O) groups is 1. The molecule has 2 aromatic rings. The third kappa shape index (κ3) is 1.67. The van der Waals surface area contributed by atoms with Crippen molar-refractivity contribution in [2.24, 2.45) is 0 Å². The zero-order valence-electron chi connectivity index (χ0n) is 7.68. The van der Waals surface area contributed by atoms with Crippen molar-refractivity contribution in [1.82, 2.24) is 5.16 Å². The summed E-state index contributed by atoms with van der Waals surface area (Å²) in [4.78, 5) is 10.8. The lowest BCUT2D eigenvalue weighted by molar-refractivity contribution is 0.112. The lowest BCUT2D eigenvalue weighted by Gasteiger charge is -2.00. The van der Waals surface area contributed by atoms with Gasteiger partial charge < -0.3 is 15.4 Å². The topological polar surface area (TPSA) is 89.4 Å². The minimum atomic E-state index is 0.0216. The fourth-order valence-corrected chi connectivity index (χ4v) is 1.29. The highest BCUT2D eigenvalue weighted by atomic mass is 16.5. The van der Waals surface area contributed by atoms with Crippen LogP contribution in [0.25, 0.3) is 11.3 Å². The quantitative estimate of drug-likeness (QED) is 0.722. The van der Waals surface area contributed by atoms with E-state index in [1.807, 2.05) is 0 Å². The Balaban J connectivity index is 2.57. The molecule has 15 heavy (non-hydrogen) atoms. The molecule has 0 aliphatic carbocycles. The van der Waals surface area contributed by atoms with Crippen LogP contribution in [0.3, 0.4) is 0 Å². The van der Waals surface area contributed by atoms with Crippen molar-refractivity contribution in [3.8, 4) is 17.1 Å². The molecule has 0 fully saturated rings. The number of aromatic nitrogens is 1. The molecule has 76 valence electrons. The van der Waals surface area contributed by atoms with Crippen LogP contribution in [0.15, 0.2) is 28.8 Å². The Morgan fingerprint density at radius 3 is 2.80 bits per heavy atom. The van der Waals surface area contributed by atoms with Crippen molar-refractivity contribution >= 4 is 12.1 Å². The van der Waals surface area contributed by atoms with Crippen molar-refractivity contribution in [2.75, 3.05) is 5.73 Å². The predicted molar refractivity (Wildman–Crippen MR) is 53.4 cm³/mol. The molecule has 2 rings (SSSR count). The predicted octanol–water partition coefficient (Wildman–Crippen LogP) is 1.44. The van der Waals surface area contributed by atoms with Gasteiger partial charge in [0.15, 0.2) is 17.9 Å². The van der Waals surface area contributed by atoms with Gasteiger partial charge in [0.25, 0.3) is 0 Å². The number of carbonyl (C=O) groups excluding carboxylic acids is 1. The monoisotopic (exact) mass is 204 g/mol. The number of nitrogens with zero attached hydrogens (tertiary/aromatic N) is 1. The van der Waals surface area contributed by atoms with Crippen LogP contribution in [0.1, 0.15) is 10.4 Å². The molecule has 5 heteroatoms. The largest absolute Gasteiger partial charge is 0.508 e. The number of phenols is 1. The first-order valence-electron chi connectivity index (χ1n) is 4.21. The van der Waals surface area contributed by atoms with Crippen LogP contribution in [0, 0.1) is 0 Å². The van der Waals surface area contributed by atoms with E-state index in [2.05, 4.69) is 5.16 Å². The standard InChI is InChI=1S/C10H8N2O3/c11-10-4-9(15-12-10)8-2-1-7(14)3-6(8)5-13/h1-5,14H,(H2,11,12). The molecule has 0 aliphatic heterocycles. The maximum absolute atomic E-state index is 10.8. The summed E-state index contributed by atoms with van der Waals surface area (Å²) in [7, 11) is 0. The molecule has 0 unspecified atom stereocenters. The first-order chi connectivity index (χ1) is 7.20. The molecule has 1 heterocycles. The Morgan fingerprint density at radius 1 is 1.40 bits per heavy atom. The van der Waals surface area contributed by atoms with Crippen molar-refractivity contribution in [2.45, 2.75) is 0 Å². The van der Waals surface area contributed by atoms with Crippen molar-refractivity contribution in [3.05, 3.63) is 29.8 Å². The summed E-state index contributed by atoms with van der Waals surface area (Å²) in [6.45, 7) is 0. The Kier molecular flexibility index (Phi) is 2.13. The Hall–Kier alpha value is -2.30. The smallest absolute Gasteiger partial charge is 0.169 e. The van der Waals surface area contributed by atoms with Crippen LogP contribution in [0.2, 0.25) is 0 Å². The van der Waals surface area contributed by atoms with Gasteiger partial charge in [-0.05, 0) is 18.2 Å². The normalized spacial score (nSPS) is 10.1. The molecule has 0 bridgehead atoms. The minimum Gasteiger partial charge on any atom is -0.508 e. The molecule has 1 aromatic heterocycles. The van der Waals surface area contributed by atoms with Crippen LogP contribution in [-0.2, 0) is 0 Å². The van der Waals surface area contributed by atoms with E-state index >= 15 is 0 Å². The van der Waals surface area contributed by atoms with Gasteiger partial charge in [-0.1, -0.05) is 5.16 Å². The zero-order chi connectivity index (χ0) is 10.8. The first kappa shape index (κ1) is 9.26. The van der Waals surface area contributed by atoms with Gasteiger partial charge in [-0.2, -0.15) is 0 Å². The summed E-state index contributed by atoms with van der Waals surface area (Å²) in [6.07, 6.45) is 0.633. The van der Waals surface area contributed by atoms with Gasteiger partial charge in [0.05, 0.1) is 0 Å². The fourth-order valence-electron chi connectivity index (χ4n) is 1.29. The molecule has 0 spiro atoms. The number of rotatable bonds is 2. The molecule has 0 amide bonds. The van der Waals surface area contributed by atoms with Gasteiger partial charge >= 0.3 is 0 Å². The van der Waals surface area contributed by atoms with Gasteiger partial charge in [0, 0.05) is 17.2 Å². The Morgan fingerprint density at radius 2 is 2.20 bits per heavy atom. The number of nitrogen functional groups attached to an aromatic ring is 1. The average molecular weight is 204 g/mol. The third-order valence-corrected chi connectivity index (χ3v) is 1.96. The summed E-state index contributed by atoms with van der Waals surface area (Å²) in [5.74, 6) is 0.665. The van der Waals surface area contributed by atoms with Gasteiger partial charge in [-0.3, -0.25) is 4.79 Å². The van der Waals surface area contributed by atoms with E-state index in [9.17, 15) is 9.90 Å². The zero-order valence-corrected chi connectivity index (χ0v) is 7.68. The van der Waals surface area contributed by atoms with Gasteiger partial charge in [0.1, 0.15) is 5.75 Å². The molecule has 0 saturated carbocycles. The van der Waals surface area contributed by atoms with Crippen molar-refractivity contribution in [1.29, 1.82) is 0 Å². The fraction of sp³-hybridized carbons (Fsp3) is 0. The van der Waals surface area contributed by atoms with Crippen molar-refractivity contribution in [3.63, 3.8) is 0 Å². The maximum Gasteiger partial charge on any atom is 0.169 e. The van der Waals surface area contributed by atoms with Gasteiger partial charge in [-0.25, -0.2) is 0 Å². The van der Waals surface area contributed by atoms with E-state index in [0.29, 0.717) is 23.2 Å². The lowest BCUT2D eigenvalue weighted by atomic mass is 10.1. The first-order valence-corrected chi connectivity index (χ1v) is 4.21. The van der Waals surface area contributed by atoms with E-state index in [1.165, 1.54) is 18.2 Å². The second-order valence-electron chi connectivity index (χ2n) is 3.01. The number of aldehydes is 1. The maximum atomic E-state index is 10.8. The molecule has 1 aromatic carbocycles. The third-order valence-electron chi connectivity index (χ3n) is 1.96. The molecule has 0 atom stereocenters. The lowest BCUT2D eigenvalue weighted by Crippen LogP contribution is -1.85. The van der Waals surface area contributed by atoms with E-state index < -0.39 is 0 Å². The highest BCUT2D eigenvalue weighted by Crippen LogP contribution is 2.26. The Bertz CT molecular complexity index is 505. The van der Waals surface area contributed by atoms with E-state index in [1.54, 1.807) is 6.07 Å². The Labute approximate surface area is 85.1 Å². The highest BCUT2D eigenvalue weighted by molar-refractivity contribution is 5.87. The number of aromatic hydroxyl groups is 1.